The molecule has 1 atom stereocenters. The van der Waals surface area contributed by atoms with Crippen molar-refractivity contribution < 1.29 is 4.42 Å². The summed E-state index contributed by atoms with van der Waals surface area (Å²) >= 11 is 6.18. The zero-order valence-electron chi connectivity index (χ0n) is 11.4. The molecule has 0 aliphatic carbocycles. The molecule has 2 heterocycles. The summed E-state index contributed by atoms with van der Waals surface area (Å²) in [6.07, 6.45) is 1.75. The first-order valence-electron chi connectivity index (χ1n) is 6.51. The largest absolute Gasteiger partial charge is 0.464 e. The average molecular weight is 287 g/mol. The number of anilines is 1. The Morgan fingerprint density at radius 2 is 2.05 bits per heavy atom. The third-order valence-corrected chi connectivity index (χ3v) is 3.59. The van der Waals surface area contributed by atoms with E-state index in [-0.39, 0.29) is 6.04 Å². The van der Waals surface area contributed by atoms with Crippen molar-refractivity contribution >= 4 is 28.2 Å². The lowest BCUT2D eigenvalue weighted by molar-refractivity contribution is 0.467. The molecule has 0 aliphatic heterocycles. The van der Waals surface area contributed by atoms with Gasteiger partial charge >= 0.3 is 0 Å². The van der Waals surface area contributed by atoms with E-state index in [0.29, 0.717) is 5.02 Å². The number of pyridine rings is 1. The fourth-order valence-corrected chi connectivity index (χ4v) is 2.47. The van der Waals surface area contributed by atoms with Crippen molar-refractivity contribution in [1.29, 1.82) is 0 Å². The number of hydrogen-bond donors (Lipinski definition) is 1. The lowest BCUT2D eigenvalue weighted by Gasteiger charge is -2.15. The Morgan fingerprint density at radius 3 is 2.80 bits per heavy atom. The van der Waals surface area contributed by atoms with E-state index in [0.717, 1.165) is 28.1 Å². The molecule has 1 unspecified atom stereocenters. The lowest BCUT2D eigenvalue weighted by atomic mass is 10.1. The molecule has 2 aromatic heterocycles. The molecule has 3 aromatic rings. The van der Waals surface area contributed by atoms with Gasteiger partial charge in [-0.1, -0.05) is 11.6 Å². The first-order valence-corrected chi connectivity index (χ1v) is 6.89. The molecule has 1 N–H and O–H groups in total. The zero-order chi connectivity index (χ0) is 14.1. The van der Waals surface area contributed by atoms with Crippen molar-refractivity contribution in [2.75, 3.05) is 5.32 Å². The van der Waals surface area contributed by atoms with E-state index in [9.17, 15) is 0 Å². The molecule has 0 saturated heterocycles. The number of aryl methyl sites for hydroxylation is 1. The summed E-state index contributed by atoms with van der Waals surface area (Å²) in [6, 6.07) is 11.8. The van der Waals surface area contributed by atoms with Crippen LogP contribution in [0, 0.1) is 6.92 Å². The van der Waals surface area contributed by atoms with Crippen LogP contribution in [0.4, 0.5) is 5.69 Å². The van der Waals surface area contributed by atoms with E-state index < -0.39 is 0 Å². The fourth-order valence-electron chi connectivity index (χ4n) is 2.25. The predicted octanol–water partition coefficient (Wildman–Crippen LogP) is 4.96. The van der Waals surface area contributed by atoms with Gasteiger partial charge in [-0.15, -0.1) is 0 Å². The summed E-state index contributed by atoms with van der Waals surface area (Å²) in [5.74, 6) is 1.82. The third-order valence-electron chi connectivity index (χ3n) is 3.28. The monoisotopic (exact) mass is 286 g/mol. The zero-order valence-corrected chi connectivity index (χ0v) is 12.1. The van der Waals surface area contributed by atoms with E-state index >= 15 is 0 Å². The van der Waals surface area contributed by atoms with Gasteiger partial charge in [-0.25, -0.2) is 0 Å². The number of nitrogens with zero attached hydrogens (tertiary/aromatic N) is 1. The molecular formula is C16H15ClN2O. The minimum atomic E-state index is 0.0771. The van der Waals surface area contributed by atoms with E-state index in [1.54, 1.807) is 6.20 Å². The minimum Gasteiger partial charge on any atom is -0.464 e. The van der Waals surface area contributed by atoms with Crippen LogP contribution in [0.2, 0.25) is 5.02 Å². The van der Waals surface area contributed by atoms with Crippen molar-refractivity contribution in [3.8, 4) is 0 Å². The topological polar surface area (TPSA) is 38.1 Å². The maximum absolute atomic E-state index is 6.18. The van der Waals surface area contributed by atoms with Gasteiger partial charge in [-0.2, -0.15) is 0 Å². The average Bonchev–Trinajstić information content (AvgIpc) is 2.89. The van der Waals surface area contributed by atoms with E-state index in [1.165, 1.54) is 0 Å². The summed E-state index contributed by atoms with van der Waals surface area (Å²) in [6.45, 7) is 4.01. The second-order valence-corrected chi connectivity index (χ2v) is 5.22. The van der Waals surface area contributed by atoms with Gasteiger partial charge in [0.15, 0.2) is 0 Å². The number of aromatic nitrogens is 1. The van der Waals surface area contributed by atoms with Gasteiger partial charge in [-0.3, -0.25) is 4.98 Å². The Balaban J connectivity index is 1.97. The van der Waals surface area contributed by atoms with E-state index in [4.69, 9.17) is 16.0 Å². The highest BCUT2D eigenvalue weighted by Gasteiger charge is 2.12. The molecule has 0 amide bonds. The molecule has 0 saturated carbocycles. The van der Waals surface area contributed by atoms with Crippen LogP contribution in [0.15, 0.2) is 47.0 Å². The molecule has 102 valence electrons. The Hall–Kier alpha value is -2.00. The second kappa shape index (κ2) is 5.17. The number of hydrogen-bond acceptors (Lipinski definition) is 3. The molecular weight excluding hydrogens is 272 g/mol. The van der Waals surface area contributed by atoms with Crippen molar-refractivity contribution in [3.05, 3.63) is 59.1 Å². The van der Waals surface area contributed by atoms with Crippen LogP contribution >= 0.6 is 11.6 Å². The van der Waals surface area contributed by atoms with Gasteiger partial charge in [0.05, 0.1) is 16.6 Å². The van der Waals surface area contributed by atoms with Gasteiger partial charge in [-0.05, 0) is 50.2 Å². The highest BCUT2D eigenvalue weighted by Crippen LogP contribution is 2.30. The van der Waals surface area contributed by atoms with E-state index in [1.807, 2.05) is 43.3 Å². The molecule has 4 heteroatoms. The first-order chi connectivity index (χ1) is 9.65. The molecule has 0 spiro atoms. The number of halogens is 1. The van der Waals surface area contributed by atoms with Crippen LogP contribution in [0.1, 0.15) is 24.5 Å². The van der Waals surface area contributed by atoms with Crippen LogP contribution in [-0.4, -0.2) is 4.98 Å². The summed E-state index contributed by atoms with van der Waals surface area (Å²) < 4.78 is 5.65. The van der Waals surface area contributed by atoms with Crippen LogP contribution < -0.4 is 5.32 Å². The molecule has 3 rings (SSSR count). The maximum Gasteiger partial charge on any atom is 0.126 e. The normalized spacial score (nSPS) is 12.6. The number of benzene rings is 1. The second-order valence-electron chi connectivity index (χ2n) is 4.81. The lowest BCUT2D eigenvalue weighted by Crippen LogP contribution is -2.06. The van der Waals surface area contributed by atoms with Crippen LogP contribution in [-0.2, 0) is 0 Å². The van der Waals surface area contributed by atoms with Crippen molar-refractivity contribution in [2.24, 2.45) is 0 Å². The van der Waals surface area contributed by atoms with Crippen molar-refractivity contribution in [3.63, 3.8) is 0 Å². The minimum absolute atomic E-state index is 0.0771. The smallest absolute Gasteiger partial charge is 0.126 e. The van der Waals surface area contributed by atoms with Crippen LogP contribution in [0.25, 0.3) is 10.9 Å². The SMILES string of the molecule is Cc1ccc(C(C)Nc2ccc(Cl)c3ncccc23)o1. The number of fused-ring (bicyclic) bond motifs is 1. The molecule has 1 aromatic carbocycles. The fraction of sp³-hybridized carbons (Fsp3) is 0.188. The summed E-state index contributed by atoms with van der Waals surface area (Å²) in [5, 5.41) is 5.12. The van der Waals surface area contributed by atoms with Gasteiger partial charge in [0.2, 0.25) is 0 Å². The highest BCUT2D eigenvalue weighted by atomic mass is 35.5. The Kier molecular flexibility index (Phi) is 3.36. The Bertz CT molecular complexity index is 751. The highest BCUT2D eigenvalue weighted by molar-refractivity contribution is 6.35. The van der Waals surface area contributed by atoms with Gasteiger partial charge in [0.25, 0.3) is 0 Å². The standard InChI is InChI=1S/C16H15ClN2O/c1-10-5-8-15(20-10)11(2)19-14-7-6-13(17)16-12(14)4-3-9-18-16/h3-9,11,19H,1-2H3. The van der Waals surface area contributed by atoms with Crippen LogP contribution in [0.3, 0.4) is 0 Å². The first kappa shape index (κ1) is 13.0. The molecule has 0 radical (unpaired) electrons. The number of furan rings is 1. The Morgan fingerprint density at radius 1 is 1.20 bits per heavy atom. The van der Waals surface area contributed by atoms with Gasteiger partial charge in [0.1, 0.15) is 11.5 Å². The summed E-state index contributed by atoms with van der Waals surface area (Å²) in [7, 11) is 0. The maximum atomic E-state index is 6.18. The van der Waals surface area contributed by atoms with Gasteiger partial charge in [0, 0.05) is 17.3 Å². The third kappa shape index (κ3) is 2.37. The number of rotatable bonds is 3. The molecule has 0 aliphatic rings. The van der Waals surface area contributed by atoms with Crippen molar-refractivity contribution in [1.82, 2.24) is 4.98 Å². The van der Waals surface area contributed by atoms with Gasteiger partial charge < -0.3 is 9.73 Å². The van der Waals surface area contributed by atoms with Crippen LogP contribution in [0.5, 0.6) is 0 Å². The number of nitrogens with one attached hydrogen (secondary N) is 1. The molecule has 0 fully saturated rings. The molecule has 20 heavy (non-hydrogen) atoms. The van der Waals surface area contributed by atoms with E-state index in [2.05, 4.69) is 17.2 Å². The Labute approximate surface area is 122 Å². The quantitative estimate of drug-likeness (QED) is 0.739. The molecule has 3 nitrogen and oxygen atoms in total. The summed E-state index contributed by atoms with van der Waals surface area (Å²) in [4.78, 5) is 4.33. The summed E-state index contributed by atoms with van der Waals surface area (Å²) in [5.41, 5.74) is 1.81. The molecule has 0 bridgehead atoms. The predicted molar refractivity (Wildman–Crippen MR) is 82.2 cm³/mol. The van der Waals surface area contributed by atoms with Crippen molar-refractivity contribution in [2.45, 2.75) is 19.9 Å².